The molecule has 1 aromatic heterocycles. The fourth-order valence-electron chi connectivity index (χ4n) is 3.53. The van der Waals surface area contributed by atoms with E-state index in [1.807, 2.05) is 31.1 Å². The molecular weight excluding hydrogens is 360 g/mol. The van der Waals surface area contributed by atoms with Gasteiger partial charge in [-0.3, -0.25) is 19.8 Å². The zero-order chi connectivity index (χ0) is 20.1. The van der Waals surface area contributed by atoms with Gasteiger partial charge in [-0.05, 0) is 51.6 Å². The van der Waals surface area contributed by atoms with Gasteiger partial charge in [-0.25, -0.2) is 0 Å². The number of nitrogens with zero attached hydrogens (tertiary/aromatic N) is 3. The van der Waals surface area contributed by atoms with E-state index in [0.717, 1.165) is 37.4 Å². The van der Waals surface area contributed by atoms with Crippen molar-refractivity contribution in [2.75, 3.05) is 38.6 Å². The molecule has 150 valence electrons. The predicted molar refractivity (Wildman–Crippen MR) is 107 cm³/mol. The van der Waals surface area contributed by atoms with Gasteiger partial charge in [-0.2, -0.15) is 0 Å². The van der Waals surface area contributed by atoms with Gasteiger partial charge in [0, 0.05) is 31.8 Å². The summed E-state index contributed by atoms with van der Waals surface area (Å²) >= 11 is 0. The average Bonchev–Trinajstić information content (AvgIpc) is 3.22. The van der Waals surface area contributed by atoms with Crippen molar-refractivity contribution >= 4 is 17.3 Å². The van der Waals surface area contributed by atoms with Crippen molar-refractivity contribution in [1.29, 1.82) is 0 Å². The smallest absolute Gasteiger partial charge is 0.270 e. The van der Waals surface area contributed by atoms with E-state index in [1.54, 1.807) is 12.3 Å². The maximum Gasteiger partial charge on any atom is 0.270 e. The van der Waals surface area contributed by atoms with Crippen LogP contribution < -0.4 is 10.2 Å². The molecule has 8 nitrogen and oxygen atoms in total. The van der Waals surface area contributed by atoms with E-state index in [-0.39, 0.29) is 17.6 Å². The molecule has 0 bridgehead atoms. The summed E-state index contributed by atoms with van der Waals surface area (Å²) in [6, 6.07) is 8.07. The molecule has 28 heavy (non-hydrogen) atoms. The molecule has 1 aliphatic rings. The van der Waals surface area contributed by atoms with Crippen LogP contribution in [0.15, 0.2) is 41.0 Å². The molecule has 1 N–H and O–H groups in total. The lowest BCUT2D eigenvalue weighted by atomic mass is 10.1. The Bertz CT molecular complexity index is 814. The van der Waals surface area contributed by atoms with Crippen LogP contribution in [-0.4, -0.2) is 49.5 Å². The maximum atomic E-state index is 13.0. The minimum atomic E-state index is -0.470. The Morgan fingerprint density at radius 3 is 2.64 bits per heavy atom. The van der Waals surface area contributed by atoms with Crippen molar-refractivity contribution in [3.05, 3.63) is 58.0 Å². The van der Waals surface area contributed by atoms with Gasteiger partial charge >= 0.3 is 0 Å². The lowest BCUT2D eigenvalue weighted by Crippen LogP contribution is -2.36. The summed E-state index contributed by atoms with van der Waals surface area (Å²) in [7, 11) is 3.82. The number of hydrogen-bond acceptors (Lipinski definition) is 6. The second kappa shape index (κ2) is 8.88. The third-order valence-corrected chi connectivity index (χ3v) is 5.08. The summed E-state index contributed by atoms with van der Waals surface area (Å²) in [5.74, 6) is 0.434. The van der Waals surface area contributed by atoms with Gasteiger partial charge in [0.05, 0.1) is 28.5 Å². The molecule has 0 spiro atoms. The molecule has 0 radical (unpaired) electrons. The molecule has 1 unspecified atom stereocenters. The predicted octanol–water partition coefficient (Wildman–Crippen LogP) is 3.21. The maximum absolute atomic E-state index is 13.0. The Labute approximate surface area is 164 Å². The van der Waals surface area contributed by atoms with Gasteiger partial charge in [-0.1, -0.05) is 0 Å². The van der Waals surface area contributed by atoms with E-state index in [2.05, 4.69) is 10.2 Å². The number of carbonyl (C=O) groups is 1. The molecule has 1 fully saturated rings. The van der Waals surface area contributed by atoms with Gasteiger partial charge in [0.2, 0.25) is 0 Å². The van der Waals surface area contributed by atoms with Gasteiger partial charge in [-0.15, -0.1) is 0 Å². The summed E-state index contributed by atoms with van der Waals surface area (Å²) < 4.78 is 5.47. The summed E-state index contributed by atoms with van der Waals surface area (Å²) in [6.45, 7) is 2.04. The third-order valence-electron chi connectivity index (χ3n) is 5.08. The second-order valence-electron chi connectivity index (χ2n) is 7.21. The first-order valence-electron chi connectivity index (χ1n) is 9.49. The van der Waals surface area contributed by atoms with Gasteiger partial charge in [0.1, 0.15) is 5.76 Å². The number of carbonyl (C=O) groups excluding carboxylic acids is 1. The van der Waals surface area contributed by atoms with E-state index >= 15 is 0 Å². The van der Waals surface area contributed by atoms with Gasteiger partial charge < -0.3 is 14.6 Å². The molecule has 2 aromatic rings. The number of anilines is 1. The van der Waals surface area contributed by atoms with Crippen LogP contribution in [0.2, 0.25) is 0 Å². The highest BCUT2D eigenvalue weighted by atomic mass is 16.6. The highest BCUT2D eigenvalue weighted by Crippen LogP contribution is 2.28. The van der Waals surface area contributed by atoms with Crippen molar-refractivity contribution in [2.45, 2.75) is 25.3 Å². The van der Waals surface area contributed by atoms with Crippen LogP contribution in [0.5, 0.6) is 0 Å². The number of hydrogen-bond donors (Lipinski definition) is 1. The number of rotatable bonds is 7. The number of piperidine rings is 1. The largest absolute Gasteiger partial charge is 0.468 e. The first-order chi connectivity index (χ1) is 13.5. The second-order valence-corrected chi connectivity index (χ2v) is 7.21. The van der Waals surface area contributed by atoms with Crippen LogP contribution in [-0.2, 0) is 0 Å². The van der Waals surface area contributed by atoms with Crippen molar-refractivity contribution < 1.29 is 14.1 Å². The number of non-ortho nitro benzene ring substituents is 1. The summed E-state index contributed by atoms with van der Waals surface area (Å²) in [5.41, 5.74) is 1.01. The number of benzene rings is 1. The SMILES string of the molecule is CN(C)C(CNC(=O)c1cc([N+](=O)[O-])ccc1N1CCCCC1)c1ccco1. The molecule has 1 saturated heterocycles. The zero-order valence-corrected chi connectivity index (χ0v) is 16.3. The highest BCUT2D eigenvalue weighted by Gasteiger charge is 2.24. The third kappa shape index (κ3) is 4.51. The van der Waals surface area contributed by atoms with Crippen LogP contribution in [0.25, 0.3) is 0 Å². The lowest BCUT2D eigenvalue weighted by molar-refractivity contribution is -0.384. The summed E-state index contributed by atoms with van der Waals surface area (Å²) in [4.78, 5) is 27.8. The Hall–Kier alpha value is -2.87. The normalized spacial score (nSPS) is 15.5. The lowest BCUT2D eigenvalue weighted by Gasteiger charge is -2.30. The summed E-state index contributed by atoms with van der Waals surface area (Å²) in [6.07, 6.45) is 4.87. The van der Waals surface area contributed by atoms with Crippen LogP contribution in [0.1, 0.15) is 41.4 Å². The topological polar surface area (TPSA) is 91.9 Å². The number of likely N-dealkylation sites (N-methyl/N-ethyl adjacent to an activating group) is 1. The summed E-state index contributed by atoms with van der Waals surface area (Å²) in [5, 5.41) is 14.1. The van der Waals surface area contributed by atoms with Crippen molar-refractivity contribution in [3.63, 3.8) is 0 Å². The Morgan fingerprint density at radius 1 is 1.29 bits per heavy atom. The fourth-order valence-corrected chi connectivity index (χ4v) is 3.53. The molecule has 1 amide bonds. The molecule has 1 aliphatic heterocycles. The number of nitrogens with one attached hydrogen (secondary N) is 1. The molecule has 1 atom stereocenters. The van der Waals surface area contributed by atoms with E-state index in [1.165, 1.54) is 18.6 Å². The quantitative estimate of drug-likeness (QED) is 0.580. The monoisotopic (exact) mass is 386 g/mol. The van der Waals surface area contributed by atoms with Crippen molar-refractivity contribution in [3.8, 4) is 0 Å². The Morgan fingerprint density at radius 2 is 2.04 bits per heavy atom. The van der Waals surface area contributed by atoms with E-state index in [9.17, 15) is 14.9 Å². The van der Waals surface area contributed by atoms with Crippen LogP contribution in [0, 0.1) is 10.1 Å². The molecule has 2 heterocycles. The van der Waals surface area contributed by atoms with E-state index < -0.39 is 4.92 Å². The molecule has 0 aliphatic carbocycles. The molecule has 1 aromatic carbocycles. The number of nitro benzene ring substituents is 1. The standard InChI is InChI=1S/C20H26N4O4/c1-22(2)18(19-7-6-12-28-19)14-21-20(25)16-13-15(24(26)27)8-9-17(16)23-10-4-3-5-11-23/h6-9,12-13,18H,3-5,10-11,14H2,1-2H3,(H,21,25). The van der Waals surface area contributed by atoms with E-state index in [0.29, 0.717) is 12.1 Å². The number of amides is 1. The van der Waals surface area contributed by atoms with Crippen LogP contribution >= 0.6 is 0 Å². The average molecular weight is 386 g/mol. The van der Waals surface area contributed by atoms with Crippen LogP contribution in [0.4, 0.5) is 11.4 Å². The van der Waals surface area contributed by atoms with Gasteiger partial charge in [0.15, 0.2) is 0 Å². The first kappa shape index (κ1) is 19.9. The Kier molecular flexibility index (Phi) is 6.30. The molecular formula is C20H26N4O4. The number of furan rings is 1. The molecule has 0 saturated carbocycles. The fraction of sp³-hybridized carbons (Fsp3) is 0.450. The van der Waals surface area contributed by atoms with Crippen LogP contribution in [0.3, 0.4) is 0 Å². The first-order valence-corrected chi connectivity index (χ1v) is 9.49. The Balaban J connectivity index is 1.82. The minimum absolute atomic E-state index is 0.0823. The van der Waals surface area contributed by atoms with Crippen molar-refractivity contribution in [1.82, 2.24) is 10.2 Å². The minimum Gasteiger partial charge on any atom is -0.468 e. The van der Waals surface area contributed by atoms with Gasteiger partial charge in [0.25, 0.3) is 11.6 Å². The zero-order valence-electron chi connectivity index (χ0n) is 16.3. The number of nitro groups is 1. The molecule has 8 heteroatoms. The molecule has 3 rings (SSSR count). The van der Waals surface area contributed by atoms with Crippen molar-refractivity contribution in [2.24, 2.45) is 0 Å². The van der Waals surface area contributed by atoms with E-state index in [4.69, 9.17) is 4.42 Å². The highest BCUT2D eigenvalue weighted by molar-refractivity contribution is 6.00.